The van der Waals surface area contributed by atoms with Gasteiger partial charge >= 0.3 is 0 Å². The van der Waals surface area contributed by atoms with Crippen molar-refractivity contribution in [1.82, 2.24) is 0 Å². The van der Waals surface area contributed by atoms with Gasteiger partial charge in [0.25, 0.3) is 0 Å². The molecule has 8 heteroatoms. The summed E-state index contributed by atoms with van der Waals surface area (Å²) in [6.07, 6.45) is -3.19. The Morgan fingerprint density at radius 1 is 1.47 bits per heavy atom. The molecule has 0 aromatic rings. The molecule has 2 heterocycles. The smallest absolute Gasteiger partial charge is 0.224 e. The van der Waals surface area contributed by atoms with E-state index in [4.69, 9.17) is 19.7 Å². The molecule has 2 N–H and O–H groups in total. The molecule has 2 aliphatic heterocycles. The van der Waals surface area contributed by atoms with E-state index in [9.17, 15) is 10.2 Å². The number of aliphatic hydroxyl groups excluding tert-OH is 2. The van der Waals surface area contributed by atoms with Crippen molar-refractivity contribution in [2.45, 2.75) is 43.7 Å². The van der Waals surface area contributed by atoms with Crippen molar-refractivity contribution >= 4 is 0 Å². The molecule has 0 aromatic carbocycles. The highest BCUT2D eigenvalue weighted by atomic mass is 16.8. The van der Waals surface area contributed by atoms with Gasteiger partial charge in [-0.2, -0.15) is 0 Å². The Morgan fingerprint density at radius 3 is 2.71 bits per heavy atom. The molecule has 0 bridgehead atoms. The first-order valence-electron chi connectivity index (χ1n) is 5.29. The minimum atomic E-state index is -1.38. The Hall–Kier alpha value is -0.890. The Kier molecular flexibility index (Phi) is 3.03. The Bertz CT molecular complexity index is 357. The third-order valence-corrected chi connectivity index (χ3v) is 2.87. The molecule has 0 unspecified atom stereocenters. The summed E-state index contributed by atoms with van der Waals surface area (Å²) >= 11 is 0. The number of ether oxygens (including phenoxy) is 3. The quantitative estimate of drug-likeness (QED) is 0.400. The molecule has 1 spiro atoms. The minimum Gasteiger partial charge on any atom is -0.387 e. The molecule has 2 saturated heterocycles. The molecule has 0 radical (unpaired) electrons. The van der Waals surface area contributed by atoms with Gasteiger partial charge in [0.1, 0.15) is 18.8 Å². The SMILES string of the molecule is CC1(C)OC[C@]2(O[C@H](CN=[N+]=[N-])[C@@H](O)[C@@H]2O)O1. The number of hydrogen-bond donors (Lipinski definition) is 2. The van der Waals surface area contributed by atoms with Crippen LogP contribution in [0.1, 0.15) is 13.8 Å². The van der Waals surface area contributed by atoms with Crippen LogP contribution >= 0.6 is 0 Å². The number of nitrogens with zero attached hydrogens (tertiary/aromatic N) is 3. The summed E-state index contributed by atoms with van der Waals surface area (Å²) in [6.45, 7) is 3.32. The normalized spacial score (nSPS) is 43.9. The van der Waals surface area contributed by atoms with Gasteiger partial charge in [-0.15, -0.1) is 0 Å². The zero-order valence-corrected chi connectivity index (χ0v) is 9.61. The largest absolute Gasteiger partial charge is 0.387 e. The van der Waals surface area contributed by atoms with Gasteiger partial charge in [0.15, 0.2) is 5.79 Å². The highest BCUT2D eigenvalue weighted by molar-refractivity contribution is 5.00. The fourth-order valence-electron chi connectivity index (χ4n) is 2.07. The molecule has 2 fully saturated rings. The fourth-order valence-corrected chi connectivity index (χ4v) is 2.07. The molecular weight excluding hydrogens is 230 g/mol. The van der Waals surface area contributed by atoms with Crippen LogP contribution in [0.3, 0.4) is 0 Å². The highest BCUT2D eigenvalue weighted by Crippen LogP contribution is 2.41. The molecule has 17 heavy (non-hydrogen) atoms. The maximum absolute atomic E-state index is 9.94. The molecule has 8 nitrogen and oxygen atoms in total. The van der Waals surface area contributed by atoms with Crippen LogP contribution in [-0.4, -0.2) is 53.3 Å². The van der Waals surface area contributed by atoms with Gasteiger partial charge in [0.05, 0.1) is 12.6 Å². The van der Waals surface area contributed by atoms with E-state index in [2.05, 4.69) is 10.0 Å². The molecule has 0 amide bonds. The second-order valence-corrected chi connectivity index (χ2v) is 4.61. The van der Waals surface area contributed by atoms with Crippen LogP contribution in [0.2, 0.25) is 0 Å². The van der Waals surface area contributed by atoms with Gasteiger partial charge < -0.3 is 24.4 Å². The summed E-state index contributed by atoms with van der Waals surface area (Å²) in [4.78, 5) is 2.58. The predicted octanol–water partition coefficient (Wildman–Crippen LogP) is -0.104. The van der Waals surface area contributed by atoms with Crippen molar-refractivity contribution in [2.24, 2.45) is 5.11 Å². The highest BCUT2D eigenvalue weighted by Gasteiger charge is 2.61. The van der Waals surface area contributed by atoms with Crippen LogP contribution < -0.4 is 0 Å². The van der Waals surface area contributed by atoms with E-state index in [1.54, 1.807) is 13.8 Å². The number of rotatable bonds is 2. The van der Waals surface area contributed by atoms with E-state index >= 15 is 0 Å². The molecule has 4 atom stereocenters. The lowest BCUT2D eigenvalue weighted by atomic mass is 10.1. The summed E-state index contributed by atoms with van der Waals surface area (Å²) in [5.74, 6) is -2.26. The standard InChI is InChI=1S/C9H15N3O5/c1-8(2)15-4-9(17-8)7(14)6(13)5(16-9)3-11-12-10/h5-7,13-14H,3-4H2,1-2H3/t5-,6-,7+,9+/m1/s1. The van der Waals surface area contributed by atoms with Crippen LogP contribution in [0, 0.1) is 0 Å². The third-order valence-electron chi connectivity index (χ3n) is 2.87. The number of azide groups is 1. The van der Waals surface area contributed by atoms with Crippen LogP contribution in [0.4, 0.5) is 0 Å². The molecular formula is C9H15N3O5. The minimum absolute atomic E-state index is 0.0188. The zero-order valence-electron chi connectivity index (χ0n) is 9.61. The Labute approximate surface area is 97.7 Å². The van der Waals surface area contributed by atoms with Gasteiger partial charge in [-0.05, 0) is 19.4 Å². The van der Waals surface area contributed by atoms with Gasteiger partial charge in [0, 0.05) is 4.91 Å². The third kappa shape index (κ3) is 2.11. The van der Waals surface area contributed by atoms with E-state index in [0.717, 1.165) is 0 Å². The Balaban J connectivity index is 2.14. The molecule has 2 aliphatic rings. The van der Waals surface area contributed by atoms with Gasteiger partial charge in [-0.25, -0.2) is 0 Å². The molecule has 0 aliphatic carbocycles. The van der Waals surface area contributed by atoms with Gasteiger partial charge in [0.2, 0.25) is 5.79 Å². The molecule has 96 valence electrons. The van der Waals surface area contributed by atoms with Crippen LogP contribution in [0.15, 0.2) is 5.11 Å². The van der Waals surface area contributed by atoms with E-state index in [1.807, 2.05) is 0 Å². The van der Waals surface area contributed by atoms with E-state index in [-0.39, 0.29) is 13.2 Å². The predicted molar refractivity (Wildman–Crippen MR) is 54.7 cm³/mol. The van der Waals surface area contributed by atoms with Crippen molar-refractivity contribution in [3.8, 4) is 0 Å². The first-order valence-corrected chi connectivity index (χ1v) is 5.29. The van der Waals surface area contributed by atoms with Gasteiger partial charge in [-0.3, -0.25) is 0 Å². The summed E-state index contributed by atoms with van der Waals surface area (Å²) in [5.41, 5.74) is 8.22. The lowest BCUT2D eigenvalue weighted by Crippen LogP contribution is -2.46. The average molecular weight is 245 g/mol. The van der Waals surface area contributed by atoms with Crippen molar-refractivity contribution in [3.05, 3.63) is 10.4 Å². The summed E-state index contributed by atoms with van der Waals surface area (Å²) in [7, 11) is 0. The number of hydrogen-bond acceptors (Lipinski definition) is 6. The van der Waals surface area contributed by atoms with Crippen molar-refractivity contribution in [3.63, 3.8) is 0 Å². The topological polar surface area (TPSA) is 117 Å². The lowest BCUT2D eigenvalue weighted by molar-refractivity contribution is -0.267. The van der Waals surface area contributed by atoms with Gasteiger partial charge in [-0.1, -0.05) is 5.11 Å². The number of aliphatic hydroxyl groups is 2. The first-order chi connectivity index (χ1) is 7.90. The van der Waals surface area contributed by atoms with Crippen molar-refractivity contribution < 1.29 is 24.4 Å². The van der Waals surface area contributed by atoms with Crippen LogP contribution in [0.25, 0.3) is 10.4 Å². The van der Waals surface area contributed by atoms with E-state index < -0.39 is 29.9 Å². The maximum Gasteiger partial charge on any atom is 0.224 e. The molecule has 0 aromatic heterocycles. The maximum atomic E-state index is 9.94. The van der Waals surface area contributed by atoms with Crippen molar-refractivity contribution in [2.75, 3.05) is 13.2 Å². The van der Waals surface area contributed by atoms with E-state index in [1.165, 1.54) is 0 Å². The summed E-state index contributed by atoms with van der Waals surface area (Å²) in [6, 6.07) is 0. The second-order valence-electron chi connectivity index (χ2n) is 4.61. The molecule has 2 rings (SSSR count). The first kappa shape index (κ1) is 12.6. The van der Waals surface area contributed by atoms with E-state index in [0.29, 0.717) is 0 Å². The van der Waals surface area contributed by atoms with Crippen LogP contribution in [0.5, 0.6) is 0 Å². The average Bonchev–Trinajstić information content (AvgIpc) is 2.69. The van der Waals surface area contributed by atoms with Crippen LogP contribution in [-0.2, 0) is 14.2 Å². The summed E-state index contributed by atoms with van der Waals surface area (Å²) < 4.78 is 16.3. The Morgan fingerprint density at radius 2 is 2.18 bits per heavy atom. The van der Waals surface area contributed by atoms with Crippen molar-refractivity contribution in [1.29, 1.82) is 0 Å². The monoisotopic (exact) mass is 245 g/mol. The summed E-state index contributed by atoms with van der Waals surface area (Å²) in [5, 5.41) is 23.0. The lowest BCUT2D eigenvalue weighted by Gasteiger charge is -2.27. The zero-order chi connectivity index (χ0) is 12.7. The fraction of sp³-hybridized carbons (Fsp3) is 1.00. The second kappa shape index (κ2) is 4.09. The molecule has 0 saturated carbocycles.